The minimum absolute atomic E-state index is 0. The minimum Gasteiger partial charge on any atom is -0.450 e. The highest BCUT2D eigenvalue weighted by atomic mass is 127. The van der Waals surface area contributed by atoms with Gasteiger partial charge in [-0.3, -0.25) is 4.99 Å². The van der Waals surface area contributed by atoms with Gasteiger partial charge in [-0.1, -0.05) is 6.42 Å². The zero-order chi connectivity index (χ0) is 20.5. The van der Waals surface area contributed by atoms with Gasteiger partial charge in [-0.15, -0.1) is 34.2 Å². The Kier molecular flexibility index (Phi) is 10.7. The summed E-state index contributed by atoms with van der Waals surface area (Å²) in [5, 5.41) is 12.2. The molecule has 1 saturated heterocycles. The average Bonchev–Trinajstić information content (AvgIpc) is 2.96. The molecule has 1 aromatic rings. The third kappa shape index (κ3) is 6.71. The van der Waals surface area contributed by atoms with Gasteiger partial charge in [-0.2, -0.15) is 0 Å². The van der Waals surface area contributed by atoms with Crippen molar-refractivity contribution in [3.63, 3.8) is 0 Å². The van der Waals surface area contributed by atoms with Crippen molar-refractivity contribution in [3.8, 4) is 0 Å². The molecule has 30 heavy (non-hydrogen) atoms. The average molecular weight is 533 g/mol. The molecule has 10 heteroatoms. The molecule has 0 aliphatic carbocycles. The lowest BCUT2D eigenvalue weighted by Gasteiger charge is -2.35. The standard InChI is InChI=1S/C20H35N7O2.HI/c1-3-21-19(25-13-15-26(16-14-25)20(28)29-4-2)22-11-8-10-18-24-23-17-9-6-5-7-12-27(17)18;/h3-16H2,1-2H3,(H,21,22);1H. The fourth-order valence-electron chi connectivity index (χ4n) is 3.89. The highest BCUT2D eigenvalue weighted by Crippen LogP contribution is 2.15. The monoisotopic (exact) mass is 533 g/mol. The van der Waals surface area contributed by atoms with Crippen molar-refractivity contribution in [2.75, 3.05) is 45.9 Å². The van der Waals surface area contributed by atoms with E-state index in [1.54, 1.807) is 4.90 Å². The molecule has 1 aromatic heterocycles. The Morgan fingerprint density at radius 1 is 1.07 bits per heavy atom. The van der Waals surface area contributed by atoms with Gasteiger partial charge in [-0.25, -0.2) is 4.79 Å². The minimum atomic E-state index is -0.221. The van der Waals surface area contributed by atoms with E-state index in [1.165, 1.54) is 19.3 Å². The highest BCUT2D eigenvalue weighted by Gasteiger charge is 2.23. The van der Waals surface area contributed by atoms with Crippen LogP contribution in [0.3, 0.4) is 0 Å². The second-order valence-electron chi connectivity index (χ2n) is 7.51. The Hall–Kier alpha value is -1.59. The van der Waals surface area contributed by atoms with Crippen molar-refractivity contribution >= 4 is 36.0 Å². The number of halogens is 1. The van der Waals surface area contributed by atoms with Crippen LogP contribution < -0.4 is 5.32 Å². The quantitative estimate of drug-likeness (QED) is 0.262. The van der Waals surface area contributed by atoms with Gasteiger partial charge >= 0.3 is 6.09 Å². The number of nitrogens with zero attached hydrogens (tertiary/aromatic N) is 6. The Morgan fingerprint density at radius 3 is 2.57 bits per heavy atom. The summed E-state index contributed by atoms with van der Waals surface area (Å²) >= 11 is 0. The van der Waals surface area contributed by atoms with Crippen LogP contribution in [-0.4, -0.2) is 82.5 Å². The third-order valence-electron chi connectivity index (χ3n) is 5.45. The van der Waals surface area contributed by atoms with Gasteiger partial charge in [0, 0.05) is 58.7 Å². The number of carbonyl (C=O) groups is 1. The molecule has 0 unspecified atom stereocenters. The van der Waals surface area contributed by atoms with E-state index in [0.717, 1.165) is 69.6 Å². The lowest BCUT2D eigenvalue weighted by Crippen LogP contribution is -2.53. The van der Waals surface area contributed by atoms with Crippen LogP contribution in [0.15, 0.2) is 4.99 Å². The van der Waals surface area contributed by atoms with Crippen molar-refractivity contribution in [2.24, 2.45) is 4.99 Å². The number of aromatic nitrogens is 3. The van der Waals surface area contributed by atoms with Crippen molar-refractivity contribution in [2.45, 2.75) is 58.9 Å². The topological polar surface area (TPSA) is 87.9 Å². The molecule has 3 rings (SSSR count). The first-order valence-corrected chi connectivity index (χ1v) is 11.1. The first-order valence-electron chi connectivity index (χ1n) is 11.1. The zero-order valence-electron chi connectivity index (χ0n) is 18.3. The maximum absolute atomic E-state index is 11.9. The highest BCUT2D eigenvalue weighted by molar-refractivity contribution is 14.0. The zero-order valence-corrected chi connectivity index (χ0v) is 20.6. The van der Waals surface area contributed by atoms with Crippen LogP contribution in [0.25, 0.3) is 0 Å². The maximum atomic E-state index is 11.9. The van der Waals surface area contributed by atoms with Crippen LogP contribution in [-0.2, 0) is 24.1 Å². The number of carbonyl (C=O) groups excluding carboxylic acids is 1. The summed E-state index contributed by atoms with van der Waals surface area (Å²) in [6.45, 7) is 9.82. The van der Waals surface area contributed by atoms with E-state index in [9.17, 15) is 4.79 Å². The number of hydrogen-bond donors (Lipinski definition) is 1. The summed E-state index contributed by atoms with van der Waals surface area (Å²) < 4.78 is 7.41. The van der Waals surface area contributed by atoms with E-state index < -0.39 is 0 Å². The summed E-state index contributed by atoms with van der Waals surface area (Å²) in [4.78, 5) is 20.7. The van der Waals surface area contributed by atoms with Crippen molar-refractivity contribution in [1.29, 1.82) is 0 Å². The molecule has 1 N–H and O–H groups in total. The molecule has 170 valence electrons. The number of hydrogen-bond acceptors (Lipinski definition) is 5. The van der Waals surface area contributed by atoms with E-state index in [-0.39, 0.29) is 30.1 Å². The number of aryl methyl sites for hydroxylation is 2. The number of guanidine groups is 1. The Morgan fingerprint density at radius 2 is 1.83 bits per heavy atom. The van der Waals surface area contributed by atoms with Crippen LogP contribution in [0.1, 0.15) is 51.2 Å². The third-order valence-corrected chi connectivity index (χ3v) is 5.45. The normalized spacial score (nSPS) is 17.1. The maximum Gasteiger partial charge on any atom is 0.409 e. The Balaban J connectivity index is 0.00000320. The molecule has 2 aliphatic rings. The smallest absolute Gasteiger partial charge is 0.409 e. The summed E-state index contributed by atoms with van der Waals surface area (Å²) in [5.41, 5.74) is 0. The number of fused-ring (bicyclic) bond motifs is 1. The molecular formula is C20H36IN7O2. The summed E-state index contributed by atoms with van der Waals surface area (Å²) in [6.07, 6.45) is 6.41. The molecule has 0 radical (unpaired) electrons. The Bertz CT molecular complexity index is 687. The first-order chi connectivity index (χ1) is 14.2. The second-order valence-corrected chi connectivity index (χ2v) is 7.51. The molecule has 0 bridgehead atoms. The van der Waals surface area contributed by atoms with Gasteiger partial charge in [0.05, 0.1) is 6.61 Å². The molecule has 2 aliphatic heterocycles. The van der Waals surface area contributed by atoms with Crippen molar-refractivity contribution < 1.29 is 9.53 Å². The molecule has 1 fully saturated rings. The fraction of sp³-hybridized carbons (Fsp3) is 0.800. The number of nitrogens with one attached hydrogen (secondary N) is 1. The van der Waals surface area contributed by atoms with Gasteiger partial charge in [0.15, 0.2) is 5.96 Å². The number of piperazine rings is 1. The molecule has 3 heterocycles. The van der Waals surface area contributed by atoms with Crippen LogP contribution >= 0.6 is 24.0 Å². The summed E-state index contributed by atoms with van der Waals surface area (Å²) in [7, 11) is 0. The molecule has 9 nitrogen and oxygen atoms in total. The molecule has 0 spiro atoms. The largest absolute Gasteiger partial charge is 0.450 e. The van der Waals surface area contributed by atoms with E-state index in [2.05, 4.69) is 31.9 Å². The molecule has 0 atom stereocenters. The lowest BCUT2D eigenvalue weighted by molar-refractivity contribution is 0.0914. The number of rotatable bonds is 6. The van der Waals surface area contributed by atoms with E-state index in [1.807, 2.05) is 6.92 Å². The number of amides is 1. The van der Waals surface area contributed by atoms with Crippen LogP contribution in [0.4, 0.5) is 4.79 Å². The van der Waals surface area contributed by atoms with Crippen LogP contribution in [0.5, 0.6) is 0 Å². The Labute approximate surface area is 196 Å². The van der Waals surface area contributed by atoms with Gasteiger partial charge in [0.25, 0.3) is 0 Å². The molecular weight excluding hydrogens is 497 g/mol. The van der Waals surface area contributed by atoms with Gasteiger partial charge in [0.1, 0.15) is 11.6 Å². The second kappa shape index (κ2) is 13.0. The lowest BCUT2D eigenvalue weighted by atomic mass is 10.2. The van der Waals surface area contributed by atoms with E-state index >= 15 is 0 Å². The first kappa shape index (κ1) is 24.7. The van der Waals surface area contributed by atoms with Crippen molar-refractivity contribution in [3.05, 3.63) is 11.6 Å². The van der Waals surface area contributed by atoms with Crippen LogP contribution in [0, 0.1) is 0 Å². The summed E-state index contributed by atoms with van der Waals surface area (Å²) in [5.74, 6) is 3.18. The summed E-state index contributed by atoms with van der Waals surface area (Å²) in [6, 6.07) is 0. The van der Waals surface area contributed by atoms with Crippen molar-refractivity contribution in [1.82, 2.24) is 29.9 Å². The molecule has 0 aromatic carbocycles. The predicted molar refractivity (Wildman–Crippen MR) is 127 cm³/mol. The van der Waals surface area contributed by atoms with Gasteiger partial charge < -0.3 is 24.4 Å². The SMILES string of the molecule is CCNC(=NCCCc1nnc2n1CCCCC2)N1CCN(C(=O)OCC)CC1.I. The van der Waals surface area contributed by atoms with Crippen LogP contribution in [0.2, 0.25) is 0 Å². The number of aliphatic imine (C=N–C) groups is 1. The molecule has 1 amide bonds. The van der Waals surface area contributed by atoms with Gasteiger partial charge in [0.2, 0.25) is 0 Å². The van der Waals surface area contributed by atoms with E-state index in [0.29, 0.717) is 19.7 Å². The van der Waals surface area contributed by atoms with E-state index in [4.69, 9.17) is 9.73 Å². The predicted octanol–water partition coefficient (Wildman–Crippen LogP) is 2.29. The fourth-order valence-corrected chi connectivity index (χ4v) is 3.89. The van der Waals surface area contributed by atoms with Gasteiger partial charge in [-0.05, 0) is 33.1 Å². The molecule has 0 saturated carbocycles. The number of ether oxygens (including phenoxy) is 1.